The smallest absolute Gasteiger partial charge is 0.313 e. The molecule has 0 bridgehead atoms. The van der Waals surface area contributed by atoms with Gasteiger partial charge in [0.25, 0.3) is 17.4 Å². The van der Waals surface area contributed by atoms with Crippen molar-refractivity contribution in [3.05, 3.63) is 56.8 Å². The minimum atomic E-state index is -0.799. The standard InChI is InChI=1S/C27H33FN4O6/c1-15(2)32-21(24(35)30(3)4)17-8-11-31(23(34)20(17)22(33)25(32)36)13-16-6-7-18(28)19(12-16)29-14-27(9-10-27)26(37)38-5/h6-7,12,15,29,33H,8-11,13-14H2,1-5H3. The van der Waals surface area contributed by atoms with Crippen LogP contribution in [0.25, 0.3) is 0 Å². The van der Waals surface area contributed by atoms with Gasteiger partial charge in [-0.1, -0.05) is 6.07 Å². The molecule has 0 saturated heterocycles. The Balaban J connectivity index is 1.62. The van der Waals surface area contributed by atoms with Crippen molar-refractivity contribution in [2.45, 2.75) is 45.7 Å². The van der Waals surface area contributed by atoms with E-state index in [9.17, 15) is 28.7 Å². The molecule has 1 aromatic heterocycles. The maximum absolute atomic E-state index is 14.5. The van der Waals surface area contributed by atoms with Crippen molar-refractivity contribution in [1.29, 1.82) is 0 Å². The molecule has 0 atom stereocenters. The summed E-state index contributed by atoms with van der Waals surface area (Å²) in [6.07, 6.45) is 1.58. The lowest BCUT2D eigenvalue weighted by atomic mass is 9.94. The molecular weight excluding hydrogens is 495 g/mol. The number of methoxy groups -OCH3 is 1. The summed E-state index contributed by atoms with van der Waals surface area (Å²) < 4.78 is 20.6. The summed E-state index contributed by atoms with van der Waals surface area (Å²) >= 11 is 0. The fourth-order valence-electron chi connectivity index (χ4n) is 4.91. The topological polar surface area (TPSA) is 121 Å². The molecule has 1 fully saturated rings. The highest BCUT2D eigenvalue weighted by Gasteiger charge is 2.51. The number of hydrogen-bond donors (Lipinski definition) is 2. The van der Waals surface area contributed by atoms with Crippen molar-refractivity contribution in [3.8, 4) is 5.75 Å². The van der Waals surface area contributed by atoms with Crippen molar-refractivity contribution < 1.29 is 28.6 Å². The molecule has 0 spiro atoms. The van der Waals surface area contributed by atoms with Gasteiger partial charge >= 0.3 is 5.97 Å². The first kappa shape index (κ1) is 27.2. The van der Waals surface area contributed by atoms with E-state index in [1.165, 1.54) is 27.5 Å². The number of benzene rings is 1. The highest BCUT2D eigenvalue weighted by Crippen LogP contribution is 2.46. The average molecular weight is 529 g/mol. The van der Waals surface area contributed by atoms with Crippen molar-refractivity contribution in [2.75, 3.05) is 39.6 Å². The van der Waals surface area contributed by atoms with Gasteiger partial charge < -0.3 is 25.0 Å². The van der Waals surface area contributed by atoms with Crippen LogP contribution < -0.4 is 10.9 Å². The van der Waals surface area contributed by atoms with Gasteiger partial charge in [0.2, 0.25) is 0 Å². The van der Waals surface area contributed by atoms with Crippen molar-refractivity contribution in [2.24, 2.45) is 5.41 Å². The van der Waals surface area contributed by atoms with E-state index in [1.807, 2.05) is 0 Å². The number of esters is 1. The Morgan fingerprint density at radius 2 is 1.92 bits per heavy atom. The lowest BCUT2D eigenvalue weighted by Crippen LogP contribution is -2.42. The number of carbonyl (C=O) groups is 3. The number of nitrogens with one attached hydrogen (secondary N) is 1. The molecule has 2 N–H and O–H groups in total. The van der Waals surface area contributed by atoms with Gasteiger partial charge in [0, 0.05) is 45.3 Å². The molecule has 0 unspecified atom stereocenters. The molecule has 204 valence electrons. The van der Waals surface area contributed by atoms with Crippen LogP contribution in [0.4, 0.5) is 10.1 Å². The van der Waals surface area contributed by atoms with Gasteiger partial charge in [0.1, 0.15) is 11.5 Å². The highest BCUT2D eigenvalue weighted by atomic mass is 19.1. The van der Waals surface area contributed by atoms with E-state index < -0.39 is 40.4 Å². The zero-order valence-corrected chi connectivity index (χ0v) is 22.3. The van der Waals surface area contributed by atoms with Crippen LogP contribution in [0.15, 0.2) is 23.0 Å². The Kier molecular flexibility index (Phi) is 7.22. The largest absolute Gasteiger partial charge is 0.502 e. The predicted octanol–water partition coefficient (Wildman–Crippen LogP) is 2.54. The Labute approximate surface area is 220 Å². The second kappa shape index (κ2) is 10.1. The molecule has 10 nitrogen and oxygen atoms in total. The quantitative estimate of drug-likeness (QED) is 0.505. The zero-order chi connectivity index (χ0) is 27.9. The number of fused-ring (bicyclic) bond motifs is 1. The van der Waals surface area contributed by atoms with Crippen LogP contribution in [0.3, 0.4) is 0 Å². The Morgan fingerprint density at radius 3 is 2.50 bits per heavy atom. The van der Waals surface area contributed by atoms with Crippen LogP contribution in [0.2, 0.25) is 0 Å². The third kappa shape index (κ3) is 4.72. The number of nitrogens with zero attached hydrogens (tertiary/aromatic N) is 3. The monoisotopic (exact) mass is 528 g/mol. The summed E-state index contributed by atoms with van der Waals surface area (Å²) in [4.78, 5) is 54.4. The highest BCUT2D eigenvalue weighted by molar-refractivity contribution is 6.03. The Bertz CT molecular complexity index is 1360. The van der Waals surface area contributed by atoms with E-state index in [0.717, 1.165) is 0 Å². The average Bonchev–Trinajstić information content (AvgIpc) is 3.67. The minimum absolute atomic E-state index is 0.0963. The van der Waals surface area contributed by atoms with E-state index >= 15 is 0 Å². The number of anilines is 1. The SMILES string of the molecule is COC(=O)C1(CNc2cc(CN3CCc4c(c(O)c(=O)n(C(C)C)c4C(=O)N(C)C)C3=O)ccc2F)CC1. The van der Waals surface area contributed by atoms with E-state index in [4.69, 9.17) is 4.74 Å². The van der Waals surface area contributed by atoms with E-state index in [2.05, 4.69) is 5.32 Å². The van der Waals surface area contributed by atoms with Gasteiger partial charge in [-0.05, 0) is 50.8 Å². The lowest BCUT2D eigenvalue weighted by molar-refractivity contribution is -0.146. The van der Waals surface area contributed by atoms with Crippen LogP contribution >= 0.6 is 0 Å². The number of aromatic hydroxyl groups is 1. The number of carbonyl (C=O) groups excluding carboxylic acids is 3. The molecule has 1 aromatic carbocycles. The lowest BCUT2D eigenvalue weighted by Gasteiger charge is -2.32. The normalized spacial score (nSPS) is 15.8. The van der Waals surface area contributed by atoms with Crippen molar-refractivity contribution in [1.82, 2.24) is 14.4 Å². The summed E-state index contributed by atoms with van der Waals surface area (Å²) in [5.74, 6) is -2.52. The van der Waals surface area contributed by atoms with Crippen LogP contribution in [0.1, 0.15) is 64.7 Å². The molecular formula is C27H33FN4O6. The second-order valence-electron chi connectivity index (χ2n) is 10.4. The molecule has 2 aromatic rings. The molecule has 11 heteroatoms. The maximum atomic E-state index is 14.5. The van der Waals surface area contributed by atoms with E-state index in [0.29, 0.717) is 24.0 Å². The first-order valence-electron chi connectivity index (χ1n) is 12.5. The van der Waals surface area contributed by atoms with E-state index in [-0.39, 0.29) is 49.0 Å². The molecule has 2 amide bonds. The fourth-order valence-corrected chi connectivity index (χ4v) is 4.91. The Hall–Kier alpha value is -3.89. The molecule has 0 radical (unpaired) electrons. The summed E-state index contributed by atoms with van der Waals surface area (Å²) in [5.41, 5.74) is -0.355. The zero-order valence-electron chi connectivity index (χ0n) is 22.3. The van der Waals surface area contributed by atoms with Gasteiger partial charge in [-0.3, -0.25) is 23.7 Å². The number of pyridine rings is 1. The first-order chi connectivity index (χ1) is 17.9. The number of rotatable bonds is 8. The van der Waals surface area contributed by atoms with Crippen molar-refractivity contribution in [3.63, 3.8) is 0 Å². The molecule has 38 heavy (non-hydrogen) atoms. The summed E-state index contributed by atoms with van der Waals surface area (Å²) in [6, 6.07) is 3.99. The van der Waals surface area contributed by atoms with Gasteiger partial charge in [-0.25, -0.2) is 4.39 Å². The van der Waals surface area contributed by atoms with Gasteiger partial charge in [0.15, 0.2) is 5.75 Å². The number of ether oxygens (including phenoxy) is 1. The molecule has 1 saturated carbocycles. The number of aromatic nitrogens is 1. The predicted molar refractivity (Wildman–Crippen MR) is 138 cm³/mol. The van der Waals surface area contributed by atoms with E-state index in [1.54, 1.807) is 40.1 Å². The fraction of sp³-hybridized carbons (Fsp3) is 0.481. The summed E-state index contributed by atoms with van der Waals surface area (Å²) in [7, 11) is 4.45. The minimum Gasteiger partial charge on any atom is -0.502 e. The van der Waals surface area contributed by atoms with Gasteiger partial charge in [-0.15, -0.1) is 0 Å². The van der Waals surface area contributed by atoms with Crippen LogP contribution in [-0.4, -0.2) is 71.6 Å². The molecule has 2 heterocycles. The van der Waals surface area contributed by atoms with Gasteiger partial charge in [-0.2, -0.15) is 0 Å². The van der Waals surface area contributed by atoms with Crippen molar-refractivity contribution >= 4 is 23.5 Å². The maximum Gasteiger partial charge on any atom is 0.313 e. The van der Waals surface area contributed by atoms with Crippen LogP contribution in [0, 0.1) is 11.2 Å². The molecule has 1 aliphatic carbocycles. The summed E-state index contributed by atoms with van der Waals surface area (Å²) in [6.45, 7) is 4.02. The molecule has 4 rings (SSSR count). The van der Waals surface area contributed by atoms with Crippen LogP contribution in [0.5, 0.6) is 5.75 Å². The first-order valence-corrected chi connectivity index (χ1v) is 12.5. The third-order valence-electron chi connectivity index (χ3n) is 7.24. The number of hydrogen-bond acceptors (Lipinski definition) is 7. The molecule has 2 aliphatic rings. The second-order valence-corrected chi connectivity index (χ2v) is 10.4. The number of amides is 2. The molecule has 1 aliphatic heterocycles. The van der Waals surface area contributed by atoms with Gasteiger partial charge in [0.05, 0.1) is 23.8 Å². The summed E-state index contributed by atoms with van der Waals surface area (Å²) in [5, 5.41) is 13.8. The number of halogens is 1. The Morgan fingerprint density at radius 1 is 1.24 bits per heavy atom. The van der Waals surface area contributed by atoms with Crippen LogP contribution in [-0.2, 0) is 22.5 Å². The third-order valence-corrected chi connectivity index (χ3v) is 7.24.